The van der Waals surface area contributed by atoms with Crippen molar-refractivity contribution in [2.24, 2.45) is 0 Å². The molecule has 1 N–H and O–H groups in total. The van der Waals surface area contributed by atoms with Gasteiger partial charge in [-0.1, -0.05) is 6.07 Å². The molecule has 0 aromatic heterocycles. The lowest BCUT2D eigenvalue weighted by Crippen LogP contribution is -2.35. The van der Waals surface area contributed by atoms with E-state index in [1.54, 1.807) is 12.1 Å². The van der Waals surface area contributed by atoms with Crippen LogP contribution in [-0.2, 0) is 6.42 Å². The van der Waals surface area contributed by atoms with Gasteiger partial charge in [0.1, 0.15) is 5.82 Å². The lowest BCUT2D eigenvalue weighted by atomic mass is 9.93. The second-order valence-electron chi connectivity index (χ2n) is 4.73. The number of hydrogen-bond donors (Lipinski definition) is 1. The SMILES string of the molecule is CC1(C(O)Cc2ccc(F)c(Br)c2)CCCS1. The highest BCUT2D eigenvalue weighted by atomic mass is 79.9. The summed E-state index contributed by atoms with van der Waals surface area (Å²) in [6, 6.07) is 4.93. The monoisotopic (exact) mass is 318 g/mol. The first-order valence-corrected chi connectivity index (χ1v) is 7.55. The third-order valence-corrected chi connectivity index (χ3v) is 5.60. The van der Waals surface area contributed by atoms with Crippen LogP contribution >= 0.6 is 27.7 Å². The highest BCUT2D eigenvalue weighted by molar-refractivity contribution is 9.10. The second-order valence-corrected chi connectivity index (χ2v) is 7.22. The summed E-state index contributed by atoms with van der Waals surface area (Å²) in [7, 11) is 0. The summed E-state index contributed by atoms with van der Waals surface area (Å²) in [6.45, 7) is 2.12. The first kappa shape index (κ1) is 13.4. The van der Waals surface area contributed by atoms with Gasteiger partial charge >= 0.3 is 0 Å². The zero-order chi connectivity index (χ0) is 12.5. The van der Waals surface area contributed by atoms with Gasteiger partial charge in [0.05, 0.1) is 10.6 Å². The molecule has 0 aliphatic carbocycles. The molecule has 1 aliphatic rings. The van der Waals surface area contributed by atoms with Crippen molar-refractivity contribution in [3.8, 4) is 0 Å². The molecule has 94 valence electrons. The van der Waals surface area contributed by atoms with E-state index in [4.69, 9.17) is 0 Å². The third kappa shape index (κ3) is 3.04. The van der Waals surface area contributed by atoms with Crippen LogP contribution in [0.25, 0.3) is 0 Å². The van der Waals surface area contributed by atoms with E-state index >= 15 is 0 Å². The maximum Gasteiger partial charge on any atom is 0.137 e. The van der Waals surface area contributed by atoms with Gasteiger partial charge in [0.15, 0.2) is 0 Å². The highest BCUT2D eigenvalue weighted by Gasteiger charge is 2.36. The van der Waals surface area contributed by atoms with Crippen LogP contribution in [0.3, 0.4) is 0 Å². The molecule has 1 saturated heterocycles. The third-order valence-electron chi connectivity index (χ3n) is 3.37. The Hall–Kier alpha value is -0.0600. The molecule has 4 heteroatoms. The first-order valence-electron chi connectivity index (χ1n) is 5.77. The normalized spacial score (nSPS) is 26.1. The van der Waals surface area contributed by atoms with Crippen molar-refractivity contribution in [2.75, 3.05) is 5.75 Å². The maximum atomic E-state index is 13.1. The van der Waals surface area contributed by atoms with E-state index in [9.17, 15) is 9.50 Å². The smallest absolute Gasteiger partial charge is 0.137 e. The van der Waals surface area contributed by atoms with Crippen LogP contribution in [0.4, 0.5) is 4.39 Å². The topological polar surface area (TPSA) is 20.2 Å². The molecule has 1 aromatic carbocycles. The van der Waals surface area contributed by atoms with E-state index in [2.05, 4.69) is 22.9 Å². The van der Waals surface area contributed by atoms with E-state index in [-0.39, 0.29) is 16.7 Å². The van der Waals surface area contributed by atoms with Crippen molar-refractivity contribution in [3.05, 3.63) is 34.1 Å². The fourth-order valence-corrected chi connectivity index (χ4v) is 3.91. The lowest BCUT2D eigenvalue weighted by molar-refractivity contribution is 0.133. The summed E-state index contributed by atoms with van der Waals surface area (Å²) in [5.41, 5.74) is 0.972. The quantitative estimate of drug-likeness (QED) is 0.915. The number of benzene rings is 1. The summed E-state index contributed by atoms with van der Waals surface area (Å²) < 4.78 is 13.5. The number of aliphatic hydroxyl groups is 1. The summed E-state index contributed by atoms with van der Waals surface area (Å²) in [5.74, 6) is 0.866. The molecule has 1 aromatic rings. The molecule has 1 nitrogen and oxygen atoms in total. The van der Waals surface area contributed by atoms with Crippen LogP contribution in [0.1, 0.15) is 25.3 Å². The number of halogens is 2. The van der Waals surface area contributed by atoms with Crippen LogP contribution in [0.5, 0.6) is 0 Å². The molecule has 0 radical (unpaired) electrons. The predicted molar refractivity (Wildman–Crippen MR) is 73.9 cm³/mol. The molecule has 2 atom stereocenters. The Labute approximate surface area is 114 Å². The molecule has 0 spiro atoms. The van der Waals surface area contributed by atoms with E-state index in [0.717, 1.165) is 17.7 Å². The number of hydrogen-bond acceptors (Lipinski definition) is 2. The van der Waals surface area contributed by atoms with Crippen molar-refractivity contribution in [3.63, 3.8) is 0 Å². The number of aliphatic hydroxyl groups excluding tert-OH is 1. The van der Waals surface area contributed by atoms with Gasteiger partial charge in [-0.15, -0.1) is 0 Å². The Kier molecular flexibility index (Phi) is 4.16. The molecule has 2 unspecified atom stereocenters. The van der Waals surface area contributed by atoms with Crippen LogP contribution < -0.4 is 0 Å². The molecule has 1 aliphatic heterocycles. The molecule has 17 heavy (non-hydrogen) atoms. The van der Waals surface area contributed by atoms with E-state index in [1.807, 2.05) is 11.8 Å². The van der Waals surface area contributed by atoms with Gasteiger partial charge in [-0.3, -0.25) is 0 Å². The zero-order valence-corrected chi connectivity index (χ0v) is 12.2. The molecular formula is C13H16BrFOS. The van der Waals surface area contributed by atoms with Crippen molar-refractivity contribution >= 4 is 27.7 Å². The van der Waals surface area contributed by atoms with Gasteiger partial charge < -0.3 is 5.11 Å². The van der Waals surface area contributed by atoms with E-state index in [1.165, 1.54) is 12.5 Å². The molecule has 1 fully saturated rings. The molecule has 2 rings (SSSR count). The van der Waals surface area contributed by atoms with Crippen molar-refractivity contribution in [2.45, 2.75) is 37.0 Å². The number of rotatable bonds is 3. The Morgan fingerprint density at radius 1 is 1.59 bits per heavy atom. The summed E-state index contributed by atoms with van der Waals surface area (Å²) in [4.78, 5) is 0. The fourth-order valence-electron chi connectivity index (χ4n) is 2.17. The van der Waals surface area contributed by atoms with Gasteiger partial charge in [-0.05, 0) is 65.6 Å². The van der Waals surface area contributed by atoms with Gasteiger partial charge in [0, 0.05) is 4.75 Å². The fraction of sp³-hybridized carbons (Fsp3) is 0.538. The largest absolute Gasteiger partial charge is 0.391 e. The minimum absolute atomic E-state index is 0.0408. The molecule has 0 saturated carbocycles. The van der Waals surface area contributed by atoms with Crippen molar-refractivity contribution in [1.29, 1.82) is 0 Å². The molecule has 0 amide bonds. The first-order chi connectivity index (χ1) is 8.01. The summed E-state index contributed by atoms with van der Waals surface area (Å²) in [6.07, 6.45) is 2.45. The predicted octanol–water partition coefficient (Wildman–Crippen LogP) is 3.78. The minimum atomic E-state index is -0.368. The Morgan fingerprint density at radius 3 is 2.94 bits per heavy atom. The Bertz CT molecular complexity index is 404. The Balaban J connectivity index is 2.07. The highest BCUT2D eigenvalue weighted by Crippen LogP contribution is 2.41. The van der Waals surface area contributed by atoms with Crippen LogP contribution in [0.2, 0.25) is 0 Å². The van der Waals surface area contributed by atoms with Crippen molar-refractivity contribution < 1.29 is 9.50 Å². The van der Waals surface area contributed by atoms with Gasteiger partial charge in [0.25, 0.3) is 0 Å². The van der Waals surface area contributed by atoms with Gasteiger partial charge in [-0.2, -0.15) is 11.8 Å². The van der Waals surface area contributed by atoms with Crippen molar-refractivity contribution in [1.82, 2.24) is 0 Å². The minimum Gasteiger partial charge on any atom is -0.391 e. The maximum absolute atomic E-state index is 13.1. The zero-order valence-electron chi connectivity index (χ0n) is 9.75. The number of thioether (sulfide) groups is 1. The van der Waals surface area contributed by atoms with E-state index in [0.29, 0.717) is 10.9 Å². The second kappa shape index (κ2) is 5.29. The average molecular weight is 319 g/mol. The lowest BCUT2D eigenvalue weighted by Gasteiger charge is -2.29. The van der Waals surface area contributed by atoms with E-state index < -0.39 is 0 Å². The summed E-state index contributed by atoms with van der Waals surface area (Å²) in [5, 5.41) is 10.3. The van der Waals surface area contributed by atoms with Crippen LogP contribution in [0, 0.1) is 5.82 Å². The van der Waals surface area contributed by atoms with Crippen LogP contribution in [-0.4, -0.2) is 21.7 Å². The van der Waals surface area contributed by atoms with Crippen LogP contribution in [0.15, 0.2) is 22.7 Å². The molecule has 0 bridgehead atoms. The summed E-state index contributed by atoms with van der Waals surface area (Å²) >= 11 is 5.01. The molecular weight excluding hydrogens is 303 g/mol. The Morgan fingerprint density at radius 2 is 2.35 bits per heavy atom. The van der Waals surface area contributed by atoms with Gasteiger partial charge in [-0.25, -0.2) is 4.39 Å². The van der Waals surface area contributed by atoms with Gasteiger partial charge in [0.2, 0.25) is 0 Å². The molecule has 1 heterocycles. The standard InChI is InChI=1S/C13H16BrFOS/c1-13(5-2-6-17-13)12(16)8-9-3-4-11(15)10(14)7-9/h3-4,7,12,16H,2,5-6,8H2,1H3. The average Bonchev–Trinajstić information content (AvgIpc) is 2.72.